The Balaban J connectivity index is 1.76. The van der Waals surface area contributed by atoms with Gasteiger partial charge < -0.3 is 10.6 Å². The molecule has 150 valence electrons. The zero-order valence-electron chi connectivity index (χ0n) is 15.1. The molecule has 0 aliphatic heterocycles. The highest BCUT2D eigenvalue weighted by molar-refractivity contribution is 6.30. The first-order chi connectivity index (χ1) is 13.2. The van der Waals surface area contributed by atoms with Crippen molar-refractivity contribution in [3.8, 4) is 0 Å². The summed E-state index contributed by atoms with van der Waals surface area (Å²) in [4.78, 5) is 23.9. The van der Waals surface area contributed by atoms with Gasteiger partial charge in [0.25, 0.3) is 5.91 Å². The van der Waals surface area contributed by atoms with Crippen molar-refractivity contribution in [1.29, 1.82) is 0 Å². The molecule has 2 N–H and O–H groups in total. The van der Waals surface area contributed by atoms with Crippen LogP contribution in [0.2, 0.25) is 5.02 Å². The summed E-state index contributed by atoms with van der Waals surface area (Å²) in [6, 6.07) is 10.7. The van der Waals surface area contributed by atoms with Crippen molar-refractivity contribution in [3.05, 3.63) is 70.2 Å². The zero-order chi connectivity index (χ0) is 20.7. The standard InChI is InChI=1S/C20H20ClF3N2O2/c1-13(15-4-2-5-16(12-15)20(22,23)24)26-18(27)6-3-11-25-19(28)14-7-9-17(21)10-8-14/h2,4-5,7-10,12-13H,3,6,11H2,1H3,(H,25,28)(H,26,27). The Hall–Kier alpha value is -2.54. The van der Waals surface area contributed by atoms with Gasteiger partial charge in [0.15, 0.2) is 0 Å². The normalized spacial score (nSPS) is 12.3. The maximum absolute atomic E-state index is 12.8. The minimum atomic E-state index is -4.43. The van der Waals surface area contributed by atoms with E-state index in [2.05, 4.69) is 10.6 Å². The van der Waals surface area contributed by atoms with Crippen LogP contribution in [0.4, 0.5) is 13.2 Å². The van der Waals surface area contributed by atoms with E-state index in [1.165, 1.54) is 12.1 Å². The molecule has 2 rings (SSSR count). The maximum Gasteiger partial charge on any atom is 0.416 e. The fourth-order valence-electron chi connectivity index (χ4n) is 2.54. The first-order valence-corrected chi connectivity index (χ1v) is 9.05. The van der Waals surface area contributed by atoms with E-state index in [1.807, 2.05) is 0 Å². The number of carbonyl (C=O) groups excluding carboxylic acids is 2. The van der Waals surface area contributed by atoms with Gasteiger partial charge >= 0.3 is 6.18 Å². The molecule has 0 bridgehead atoms. The average molecular weight is 413 g/mol. The second-order valence-electron chi connectivity index (χ2n) is 6.28. The molecule has 0 aromatic heterocycles. The van der Waals surface area contributed by atoms with Gasteiger partial charge in [-0.3, -0.25) is 9.59 Å². The van der Waals surface area contributed by atoms with Gasteiger partial charge in [-0.1, -0.05) is 23.7 Å². The number of halogens is 4. The predicted molar refractivity (Wildman–Crippen MR) is 101 cm³/mol. The van der Waals surface area contributed by atoms with Crippen molar-refractivity contribution in [2.45, 2.75) is 32.0 Å². The number of alkyl halides is 3. The summed E-state index contributed by atoms with van der Waals surface area (Å²) in [5.41, 5.74) is 0.0854. The lowest BCUT2D eigenvalue weighted by Crippen LogP contribution is -2.29. The topological polar surface area (TPSA) is 58.2 Å². The van der Waals surface area contributed by atoms with Gasteiger partial charge in [-0.25, -0.2) is 0 Å². The zero-order valence-corrected chi connectivity index (χ0v) is 15.9. The van der Waals surface area contributed by atoms with Gasteiger partial charge in [0.2, 0.25) is 5.91 Å². The SMILES string of the molecule is CC(NC(=O)CCCNC(=O)c1ccc(Cl)cc1)c1cccc(C(F)(F)F)c1. The second kappa shape index (κ2) is 9.59. The van der Waals surface area contributed by atoms with Crippen LogP contribution < -0.4 is 10.6 Å². The Morgan fingerprint density at radius 2 is 1.79 bits per heavy atom. The molecular formula is C20H20ClF3N2O2. The fraction of sp³-hybridized carbons (Fsp3) is 0.300. The second-order valence-corrected chi connectivity index (χ2v) is 6.72. The number of hydrogen-bond acceptors (Lipinski definition) is 2. The molecule has 0 saturated carbocycles. The highest BCUT2D eigenvalue weighted by Crippen LogP contribution is 2.30. The van der Waals surface area contributed by atoms with Crippen molar-refractivity contribution in [1.82, 2.24) is 10.6 Å². The third-order valence-electron chi connectivity index (χ3n) is 4.06. The van der Waals surface area contributed by atoms with Crippen molar-refractivity contribution in [2.75, 3.05) is 6.54 Å². The Kier molecular flexibility index (Phi) is 7.45. The van der Waals surface area contributed by atoms with Crippen LogP contribution in [0.1, 0.15) is 47.3 Å². The molecule has 0 saturated heterocycles. The van der Waals surface area contributed by atoms with Crippen LogP contribution in [0.3, 0.4) is 0 Å². The van der Waals surface area contributed by atoms with E-state index >= 15 is 0 Å². The highest BCUT2D eigenvalue weighted by atomic mass is 35.5. The molecule has 2 aromatic rings. The molecule has 0 fully saturated rings. The first kappa shape index (κ1) is 21.8. The van der Waals surface area contributed by atoms with Gasteiger partial charge in [-0.15, -0.1) is 0 Å². The summed E-state index contributed by atoms with van der Waals surface area (Å²) in [5.74, 6) is -0.569. The van der Waals surface area contributed by atoms with Crippen LogP contribution in [0.5, 0.6) is 0 Å². The smallest absolute Gasteiger partial charge is 0.352 e. The number of benzene rings is 2. The Labute approximate surface area is 166 Å². The van der Waals surface area contributed by atoms with Gasteiger partial charge in [-0.05, 0) is 55.3 Å². The summed E-state index contributed by atoms with van der Waals surface area (Å²) in [6.45, 7) is 1.92. The van der Waals surface area contributed by atoms with E-state index < -0.39 is 17.8 Å². The molecule has 0 aliphatic rings. The number of rotatable bonds is 7. The van der Waals surface area contributed by atoms with Crippen LogP contribution in [0.15, 0.2) is 48.5 Å². The Morgan fingerprint density at radius 3 is 2.43 bits per heavy atom. The summed E-state index contributed by atoms with van der Waals surface area (Å²) < 4.78 is 38.3. The number of nitrogens with one attached hydrogen (secondary N) is 2. The van der Waals surface area contributed by atoms with Gasteiger partial charge in [0, 0.05) is 23.6 Å². The molecule has 28 heavy (non-hydrogen) atoms. The molecule has 0 heterocycles. The quantitative estimate of drug-likeness (QED) is 0.645. The number of hydrogen-bond donors (Lipinski definition) is 2. The molecule has 2 aromatic carbocycles. The molecule has 0 radical (unpaired) electrons. The minimum Gasteiger partial charge on any atom is -0.352 e. The average Bonchev–Trinajstić information content (AvgIpc) is 2.65. The molecule has 4 nitrogen and oxygen atoms in total. The molecule has 0 aliphatic carbocycles. The van der Waals surface area contributed by atoms with Crippen LogP contribution in [-0.2, 0) is 11.0 Å². The van der Waals surface area contributed by atoms with Gasteiger partial charge in [0.05, 0.1) is 11.6 Å². The van der Waals surface area contributed by atoms with Crippen LogP contribution >= 0.6 is 11.6 Å². The van der Waals surface area contributed by atoms with Crippen molar-refractivity contribution < 1.29 is 22.8 Å². The largest absolute Gasteiger partial charge is 0.416 e. The lowest BCUT2D eigenvalue weighted by atomic mass is 10.0. The molecular weight excluding hydrogens is 393 g/mol. The third-order valence-corrected chi connectivity index (χ3v) is 4.32. The number of amides is 2. The summed E-state index contributed by atoms with van der Waals surface area (Å²) in [6.07, 6.45) is -3.88. The molecule has 0 spiro atoms. The first-order valence-electron chi connectivity index (χ1n) is 8.67. The van der Waals surface area contributed by atoms with E-state index in [1.54, 1.807) is 31.2 Å². The van der Waals surface area contributed by atoms with Crippen LogP contribution in [0.25, 0.3) is 0 Å². The van der Waals surface area contributed by atoms with E-state index in [4.69, 9.17) is 11.6 Å². The highest BCUT2D eigenvalue weighted by Gasteiger charge is 2.30. The van der Waals surface area contributed by atoms with Gasteiger partial charge in [-0.2, -0.15) is 13.2 Å². The fourth-order valence-corrected chi connectivity index (χ4v) is 2.66. The molecule has 1 atom stereocenters. The molecule has 8 heteroatoms. The third kappa shape index (κ3) is 6.56. The van der Waals surface area contributed by atoms with Crippen molar-refractivity contribution >= 4 is 23.4 Å². The monoisotopic (exact) mass is 412 g/mol. The van der Waals surface area contributed by atoms with E-state index in [-0.39, 0.29) is 18.2 Å². The van der Waals surface area contributed by atoms with Crippen LogP contribution in [0, 0.1) is 0 Å². The maximum atomic E-state index is 12.8. The van der Waals surface area contributed by atoms with Crippen molar-refractivity contribution in [2.24, 2.45) is 0 Å². The lowest BCUT2D eigenvalue weighted by Gasteiger charge is -2.16. The Morgan fingerprint density at radius 1 is 1.11 bits per heavy atom. The number of carbonyl (C=O) groups is 2. The lowest BCUT2D eigenvalue weighted by molar-refractivity contribution is -0.137. The van der Waals surface area contributed by atoms with Gasteiger partial charge in [0.1, 0.15) is 0 Å². The minimum absolute atomic E-state index is 0.143. The summed E-state index contributed by atoms with van der Waals surface area (Å²) >= 11 is 5.76. The summed E-state index contributed by atoms with van der Waals surface area (Å²) in [5, 5.41) is 5.89. The predicted octanol–water partition coefficient (Wildman–Crippen LogP) is 4.75. The van der Waals surface area contributed by atoms with Crippen LogP contribution in [-0.4, -0.2) is 18.4 Å². The van der Waals surface area contributed by atoms with E-state index in [9.17, 15) is 22.8 Å². The molecule has 2 amide bonds. The van der Waals surface area contributed by atoms with E-state index in [0.717, 1.165) is 12.1 Å². The summed E-state index contributed by atoms with van der Waals surface area (Å²) in [7, 11) is 0. The molecule has 1 unspecified atom stereocenters. The Bertz CT molecular complexity index is 823. The van der Waals surface area contributed by atoms with E-state index in [0.29, 0.717) is 29.1 Å². The van der Waals surface area contributed by atoms with Crippen molar-refractivity contribution in [3.63, 3.8) is 0 Å².